The van der Waals surface area contributed by atoms with Crippen LogP contribution >= 0.6 is 0 Å². The highest BCUT2D eigenvalue weighted by atomic mass is 16.5. The van der Waals surface area contributed by atoms with Gasteiger partial charge in [0.1, 0.15) is 0 Å². The summed E-state index contributed by atoms with van der Waals surface area (Å²) in [5.41, 5.74) is -0.448. The summed E-state index contributed by atoms with van der Waals surface area (Å²) >= 11 is 0. The number of aliphatic carboxylic acids is 1. The molecule has 25 heavy (non-hydrogen) atoms. The lowest BCUT2D eigenvalue weighted by atomic mass is 9.78. The number of rotatable bonds is 16. The Bertz CT molecular complexity index is 271. The maximum Gasteiger partial charge on any atom is 0.309 e. The molecule has 7 nitrogen and oxygen atoms in total. The quantitative estimate of drug-likeness (QED) is 0.359. The molecule has 0 aliphatic rings. The molecule has 0 aliphatic carbocycles. The van der Waals surface area contributed by atoms with Crippen molar-refractivity contribution in [2.45, 2.75) is 52.9 Å². The van der Waals surface area contributed by atoms with Gasteiger partial charge in [-0.25, -0.2) is 0 Å². The van der Waals surface area contributed by atoms with Crippen LogP contribution < -0.4 is 0 Å². The van der Waals surface area contributed by atoms with Crippen LogP contribution in [-0.4, -0.2) is 74.1 Å². The Hall–Kier alpha value is -0.730. The van der Waals surface area contributed by atoms with Crippen LogP contribution in [0.3, 0.4) is 0 Å². The van der Waals surface area contributed by atoms with Crippen molar-refractivity contribution in [2.24, 2.45) is 5.41 Å². The third-order valence-corrected chi connectivity index (χ3v) is 4.03. The predicted molar refractivity (Wildman–Crippen MR) is 96.8 cm³/mol. The van der Waals surface area contributed by atoms with Crippen LogP contribution in [0.1, 0.15) is 52.9 Å². The number of carboxylic acid groups (broad SMARTS) is 1. The summed E-state index contributed by atoms with van der Waals surface area (Å²) in [7, 11) is 0. The van der Waals surface area contributed by atoms with E-state index in [0.717, 1.165) is 32.1 Å². The van der Waals surface area contributed by atoms with Crippen molar-refractivity contribution < 1.29 is 34.3 Å². The molecular weight excluding hydrogens is 328 g/mol. The molecule has 7 heteroatoms. The number of unbranched alkanes of at least 4 members (excludes halogenated alkanes) is 1. The van der Waals surface area contributed by atoms with Gasteiger partial charge in [0, 0.05) is 0 Å². The van der Waals surface area contributed by atoms with E-state index < -0.39 is 11.4 Å². The summed E-state index contributed by atoms with van der Waals surface area (Å²) in [6.07, 6.45) is 4.42. The lowest BCUT2D eigenvalue weighted by molar-refractivity contribution is -0.150. The second-order valence-corrected chi connectivity index (χ2v) is 5.68. The van der Waals surface area contributed by atoms with Crippen LogP contribution in [0.4, 0.5) is 0 Å². The van der Waals surface area contributed by atoms with Gasteiger partial charge in [0.05, 0.1) is 58.3 Å². The molecule has 0 rings (SSSR count). The van der Waals surface area contributed by atoms with Gasteiger partial charge in [-0.2, -0.15) is 0 Å². The molecule has 152 valence electrons. The molecule has 0 amide bonds. The minimum atomic E-state index is -0.624. The minimum absolute atomic E-state index is 0.0413. The van der Waals surface area contributed by atoms with Gasteiger partial charge in [-0.15, -0.1) is 0 Å². The molecular formula is C18H38O7. The number of aliphatic hydroxyl groups excluding tert-OH is 2. The number of carboxylic acids is 1. The largest absolute Gasteiger partial charge is 0.481 e. The summed E-state index contributed by atoms with van der Waals surface area (Å²) in [5.74, 6) is -0.624. The molecule has 0 heterocycles. The molecule has 0 bridgehead atoms. The van der Waals surface area contributed by atoms with E-state index in [0.29, 0.717) is 39.6 Å². The monoisotopic (exact) mass is 366 g/mol. The van der Waals surface area contributed by atoms with E-state index in [1.54, 1.807) is 0 Å². The lowest BCUT2D eigenvalue weighted by Crippen LogP contribution is -2.29. The molecule has 0 aromatic heterocycles. The highest BCUT2D eigenvalue weighted by molar-refractivity contribution is 5.74. The second-order valence-electron chi connectivity index (χ2n) is 5.68. The van der Waals surface area contributed by atoms with Crippen LogP contribution in [0, 0.1) is 5.41 Å². The molecule has 0 fully saturated rings. The van der Waals surface area contributed by atoms with Crippen molar-refractivity contribution in [3.05, 3.63) is 0 Å². The van der Waals surface area contributed by atoms with E-state index in [1.165, 1.54) is 0 Å². The van der Waals surface area contributed by atoms with Crippen LogP contribution in [0.2, 0.25) is 0 Å². The van der Waals surface area contributed by atoms with Gasteiger partial charge in [0.2, 0.25) is 0 Å². The van der Waals surface area contributed by atoms with Gasteiger partial charge in [0.15, 0.2) is 0 Å². The standard InChI is InChI=1S/C10H20O2.C8H18O5/c1-4-7-8-10(5-2,6-3)9(11)12;9-1-3-11-5-7-13-8-6-12-4-2-10/h4-8H2,1-3H3,(H,11,12);9-10H,1-8H2. The Morgan fingerprint density at radius 3 is 1.48 bits per heavy atom. The van der Waals surface area contributed by atoms with Gasteiger partial charge in [-0.3, -0.25) is 4.79 Å². The van der Waals surface area contributed by atoms with Crippen molar-refractivity contribution in [2.75, 3.05) is 52.9 Å². The molecule has 0 saturated carbocycles. The van der Waals surface area contributed by atoms with E-state index >= 15 is 0 Å². The fourth-order valence-electron chi connectivity index (χ4n) is 2.20. The summed E-state index contributed by atoms with van der Waals surface area (Å²) in [4.78, 5) is 11.0. The molecule has 3 N–H and O–H groups in total. The maximum absolute atomic E-state index is 11.0. The molecule has 0 radical (unpaired) electrons. The fraction of sp³-hybridized carbons (Fsp3) is 0.944. The number of hydrogen-bond acceptors (Lipinski definition) is 6. The maximum atomic E-state index is 11.0. The zero-order valence-electron chi connectivity index (χ0n) is 16.2. The molecule has 0 aliphatic heterocycles. The summed E-state index contributed by atoms with van der Waals surface area (Å²) in [5, 5.41) is 25.8. The Labute approximate surface area is 152 Å². The van der Waals surface area contributed by atoms with E-state index in [9.17, 15) is 4.79 Å². The third kappa shape index (κ3) is 15.3. The zero-order chi connectivity index (χ0) is 19.4. The molecule has 0 atom stereocenters. The first-order valence-electron chi connectivity index (χ1n) is 9.22. The Morgan fingerprint density at radius 2 is 1.20 bits per heavy atom. The van der Waals surface area contributed by atoms with E-state index in [4.69, 9.17) is 29.5 Å². The molecule has 0 aromatic rings. The summed E-state index contributed by atoms with van der Waals surface area (Å²) in [6.45, 7) is 8.79. The first-order chi connectivity index (χ1) is 12.0. The summed E-state index contributed by atoms with van der Waals surface area (Å²) < 4.78 is 15.0. The molecule has 0 aromatic carbocycles. The van der Waals surface area contributed by atoms with Crippen molar-refractivity contribution in [1.82, 2.24) is 0 Å². The fourth-order valence-corrected chi connectivity index (χ4v) is 2.20. The summed E-state index contributed by atoms with van der Waals surface area (Å²) in [6, 6.07) is 0. The molecule has 0 unspecified atom stereocenters. The smallest absolute Gasteiger partial charge is 0.309 e. The first kappa shape index (κ1) is 26.5. The average Bonchev–Trinajstić information content (AvgIpc) is 2.62. The Kier molecular flexibility index (Phi) is 20.8. The van der Waals surface area contributed by atoms with Crippen molar-refractivity contribution >= 4 is 5.97 Å². The van der Waals surface area contributed by atoms with E-state index in [-0.39, 0.29) is 13.2 Å². The predicted octanol–water partition coefficient (Wildman–Crippen LogP) is 2.09. The number of hydrogen-bond donors (Lipinski definition) is 3. The zero-order valence-corrected chi connectivity index (χ0v) is 16.2. The number of carbonyl (C=O) groups is 1. The minimum Gasteiger partial charge on any atom is -0.481 e. The highest BCUT2D eigenvalue weighted by Gasteiger charge is 2.33. The number of ether oxygens (including phenoxy) is 3. The second kappa shape index (κ2) is 19.6. The topological polar surface area (TPSA) is 105 Å². The van der Waals surface area contributed by atoms with Crippen LogP contribution in [0.5, 0.6) is 0 Å². The van der Waals surface area contributed by atoms with Gasteiger partial charge in [0.25, 0.3) is 0 Å². The Morgan fingerprint density at radius 1 is 0.800 bits per heavy atom. The molecule has 0 spiro atoms. The van der Waals surface area contributed by atoms with Crippen LogP contribution in [0.25, 0.3) is 0 Å². The van der Waals surface area contributed by atoms with Crippen molar-refractivity contribution in [3.63, 3.8) is 0 Å². The van der Waals surface area contributed by atoms with Crippen LogP contribution in [-0.2, 0) is 19.0 Å². The van der Waals surface area contributed by atoms with Gasteiger partial charge in [-0.05, 0) is 19.3 Å². The van der Waals surface area contributed by atoms with Gasteiger partial charge < -0.3 is 29.5 Å². The highest BCUT2D eigenvalue weighted by Crippen LogP contribution is 2.32. The lowest BCUT2D eigenvalue weighted by Gasteiger charge is -2.26. The normalized spacial score (nSPS) is 11.1. The van der Waals surface area contributed by atoms with Gasteiger partial charge >= 0.3 is 5.97 Å². The van der Waals surface area contributed by atoms with Crippen molar-refractivity contribution in [3.8, 4) is 0 Å². The van der Waals surface area contributed by atoms with Crippen LogP contribution in [0.15, 0.2) is 0 Å². The average molecular weight is 366 g/mol. The van der Waals surface area contributed by atoms with Crippen molar-refractivity contribution in [1.29, 1.82) is 0 Å². The van der Waals surface area contributed by atoms with E-state index in [1.807, 2.05) is 13.8 Å². The third-order valence-electron chi connectivity index (χ3n) is 4.03. The molecule has 0 saturated heterocycles. The Balaban J connectivity index is 0. The van der Waals surface area contributed by atoms with E-state index in [2.05, 4.69) is 6.92 Å². The first-order valence-corrected chi connectivity index (χ1v) is 9.22. The SMILES string of the molecule is CCCCC(CC)(CC)C(=O)O.OCCOCCOCCOCCO. The number of aliphatic hydroxyl groups is 2. The van der Waals surface area contributed by atoms with Gasteiger partial charge in [-0.1, -0.05) is 33.6 Å².